The zero-order valence-electron chi connectivity index (χ0n) is 12.4. The summed E-state index contributed by atoms with van der Waals surface area (Å²) in [4.78, 5) is 11.6. The molecule has 3 N–H and O–H groups in total. The highest BCUT2D eigenvalue weighted by Gasteiger charge is 2.29. The Kier molecular flexibility index (Phi) is 4.78. The fourth-order valence-corrected chi connectivity index (χ4v) is 3.42. The molecule has 2 atom stereocenters. The van der Waals surface area contributed by atoms with Gasteiger partial charge in [-0.1, -0.05) is 6.92 Å². The van der Waals surface area contributed by atoms with Gasteiger partial charge in [0.25, 0.3) is 0 Å². The van der Waals surface area contributed by atoms with E-state index in [9.17, 15) is 14.3 Å². The molecule has 120 valence electrons. The molecule has 0 aliphatic heterocycles. The normalized spacial score (nSPS) is 18.6. The van der Waals surface area contributed by atoms with Gasteiger partial charge in [0.1, 0.15) is 11.9 Å². The van der Waals surface area contributed by atoms with Gasteiger partial charge in [-0.3, -0.25) is 0 Å². The number of aliphatic carboxylic acids is 1. The third kappa shape index (κ3) is 2.59. The molecule has 1 aliphatic rings. The van der Waals surface area contributed by atoms with Gasteiger partial charge >= 0.3 is 5.97 Å². The van der Waals surface area contributed by atoms with Crippen LogP contribution in [0, 0.1) is 5.82 Å². The molecule has 0 saturated carbocycles. The van der Waals surface area contributed by atoms with Crippen molar-refractivity contribution in [3.63, 3.8) is 0 Å². The third-order valence-electron chi connectivity index (χ3n) is 4.38. The Labute approximate surface area is 134 Å². The highest BCUT2D eigenvalue weighted by atomic mass is 35.5. The highest BCUT2D eigenvalue weighted by molar-refractivity contribution is 5.88. The van der Waals surface area contributed by atoms with Crippen molar-refractivity contribution in [1.82, 2.24) is 4.57 Å². The Hall–Kier alpha value is -1.59. The van der Waals surface area contributed by atoms with Crippen molar-refractivity contribution >= 4 is 29.3 Å². The molecule has 1 heterocycles. The first kappa shape index (κ1) is 16.8. The number of fused-ring (bicyclic) bond motifs is 3. The van der Waals surface area contributed by atoms with E-state index in [1.165, 1.54) is 12.1 Å². The lowest BCUT2D eigenvalue weighted by Crippen LogP contribution is -2.29. The number of carboxylic acid groups (broad SMARTS) is 1. The number of carboxylic acids is 1. The van der Waals surface area contributed by atoms with E-state index in [1.54, 1.807) is 6.07 Å². The number of benzene rings is 1. The second-order valence-corrected chi connectivity index (χ2v) is 5.72. The number of nitrogens with two attached hydrogens (primary N) is 1. The molecule has 22 heavy (non-hydrogen) atoms. The predicted molar refractivity (Wildman–Crippen MR) is 86.1 cm³/mol. The van der Waals surface area contributed by atoms with E-state index in [2.05, 4.69) is 0 Å². The van der Waals surface area contributed by atoms with E-state index in [1.807, 2.05) is 11.5 Å². The van der Waals surface area contributed by atoms with Crippen molar-refractivity contribution < 1.29 is 14.3 Å². The average Bonchev–Trinajstić information content (AvgIpc) is 2.73. The molecule has 3 rings (SSSR count). The first-order valence-corrected chi connectivity index (χ1v) is 7.32. The predicted octanol–water partition coefficient (Wildman–Crippen LogP) is 3.05. The van der Waals surface area contributed by atoms with Gasteiger partial charge in [-0.15, -0.1) is 12.4 Å². The third-order valence-corrected chi connectivity index (χ3v) is 4.38. The first-order chi connectivity index (χ1) is 10.0. The molecule has 1 aromatic carbocycles. The van der Waals surface area contributed by atoms with Gasteiger partial charge in [-0.25, -0.2) is 9.18 Å². The molecule has 1 unspecified atom stereocenters. The summed E-state index contributed by atoms with van der Waals surface area (Å²) in [5.41, 5.74) is 8.86. The van der Waals surface area contributed by atoms with Crippen LogP contribution in [-0.4, -0.2) is 21.7 Å². The minimum atomic E-state index is -0.851. The maximum absolute atomic E-state index is 13.6. The monoisotopic (exact) mass is 326 g/mol. The van der Waals surface area contributed by atoms with Gasteiger partial charge in [-0.2, -0.15) is 0 Å². The zero-order chi connectivity index (χ0) is 15.1. The Morgan fingerprint density at radius 2 is 2.27 bits per heavy atom. The summed E-state index contributed by atoms with van der Waals surface area (Å²) < 4.78 is 15.5. The zero-order valence-corrected chi connectivity index (χ0v) is 13.2. The van der Waals surface area contributed by atoms with Gasteiger partial charge in [-0.05, 0) is 49.4 Å². The lowest BCUT2D eigenvalue weighted by molar-refractivity contribution is -0.140. The van der Waals surface area contributed by atoms with Crippen molar-refractivity contribution in [3.8, 4) is 0 Å². The van der Waals surface area contributed by atoms with Crippen LogP contribution < -0.4 is 5.73 Å². The number of halogens is 2. The number of hydrogen-bond acceptors (Lipinski definition) is 2. The summed E-state index contributed by atoms with van der Waals surface area (Å²) >= 11 is 0. The van der Waals surface area contributed by atoms with Crippen LogP contribution in [0.3, 0.4) is 0 Å². The fourth-order valence-electron chi connectivity index (χ4n) is 3.42. The van der Waals surface area contributed by atoms with E-state index in [4.69, 9.17) is 5.73 Å². The van der Waals surface area contributed by atoms with Crippen molar-refractivity contribution in [2.45, 2.75) is 44.7 Å². The van der Waals surface area contributed by atoms with Crippen molar-refractivity contribution in [1.29, 1.82) is 0 Å². The number of aromatic nitrogens is 1. The quantitative estimate of drug-likeness (QED) is 0.911. The van der Waals surface area contributed by atoms with Gasteiger partial charge in [0.2, 0.25) is 0 Å². The van der Waals surface area contributed by atoms with Crippen LogP contribution in [0.2, 0.25) is 0 Å². The molecule has 0 saturated heterocycles. The minimum absolute atomic E-state index is 0. The Morgan fingerprint density at radius 3 is 2.91 bits per heavy atom. The van der Waals surface area contributed by atoms with Gasteiger partial charge in [0.05, 0.1) is 0 Å². The molecule has 1 aliphatic carbocycles. The molecule has 2 aromatic rings. The van der Waals surface area contributed by atoms with E-state index in [0.29, 0.717) is 12.8 Å². The van der Waals surface area contributed by atoms with E-state index < -0.39 is 12.0 Å². The summed E-state index contributed by atoms with van der Waals surface area (Å²) in [5.74, 6) is -1.15. The van der Waals surface area contributed by atoms with Crippen LogP contribution in [0.25, 0.3) is 10.9 Å². The van der Waals surface area contributed by atoms with Crippen molar-refractivity contribution in [2.24, 2.45) is 5.73 Å². The topological polar surface area (TPSA) is 68.2 Å². The Bertz CT molecular complexity index is 714. The number of nitrogens with zero attached hydrogens (tertiary/aromatic N) is 1. The maximum atomic E-state index is 13.6. The number of rotatable bonds is 3. The Balaban J connectivity index is 0.00000176. The summed E-state index contributed by atoms with van der Waals surface area (Å²) in [6, 6.07) is 4.01. The molecule has 0 radical (unpaired) electrons. The minimum Gasteiger partial charge on any atom is -0.480 e. The van der Waals surface area contributed by atoms with Crippen LogP contribution in [0.1, 0.15) is 37.1 Å². The van der Waals surface area contributed by atoms with Crippen molar-refractivity contribution in [2.75, 3.05) is 0 Å². The first-order valence-electron chi connectivity index (χ1n) is 7.32. The van der Waals surface area contributed by atoms with E-state index >= 15 is 0 Å². The van der Waals surface area contributed by atoms with Crippen LogP contribution in [0.4, 0.5) is 4.39 Å². The van der Waals surface area contributed by atoms with Gasteiger partial charge in [0, 0.05) is 22.6 Å². The molecular weight excluding hydrogens is 307 g/mol. The maximum Gasteiger partial charge on any atom is 0.326 e. The fraction of sp³-hybridized carbons (Fsp3) is 0.438. The second kappa shape index (κ2) is 6.26. The van der Waals surface area contributed by atoms with E-state index in [-0.39, 0.29) is 24.3 Å². The van der Waals surface area contributed by atoms with Crippen LogP contribution in [0.5, 0.6) is 0 Å². The summed E-state index contributed by atoms with van der Waals surface area (Å²) in [5, 5.41) is 10.3. The highest BCUT2D eigenvalue weighted by Crippen LogP contribution is 2.35. The lowest BCUT2D eigenvalue weighted by Gasteiger charge is -2.23. The van der Waals surface area contributed by atoms with Crippen molar-refractivity contribution in [3.05, 3.63) is 35.3 Å². The van der Waals surface area contributed by atoms with Crippen LogP contribution in [0.15, 0.2) is 18.2 Å². The molecule has 0 amide bonds. The summed E-state index contributed by atoms with van der Waals surface area (Å²) in [7, 11) is 0. The standard InChI is InChI=1S/C16H19FN2O2.ClH/c1-2-13(16(20)21)19-14-5-3-9(17)7-11(14)12-8-10(18)4-6-15(12)19;/h3,5,7,10,13H,2,4,6,8,18H2,1H3,(H,20,21);1H/t10-,13?;/m0./s1. The van der Waals surface area contributed by atoms with Gasteiger partial charge in [0.15, 0.2) is 0 Å². The Morgan fingerprint density at radius 1 is 1.55 bits per heavy atom. The smallest absolute Gasteiger partial charge is 0.326 e. The second-order valence-electron chi connectivity index (χ2n) is 5.72. The SMILES string of the molecule is CCC(C(=O)O)n1c2c(c3cc(F)ccc31)C[C@@H](N)CC2.Cl. The average molecular weight is 327 g/mol. The largest absolute Gasteiger partial charge is 0.480 e. The molecule has 0 spiro atoms. The summed E-state index contributed by atoms with van der Waals surface area (Å²) in [6.07, 6.45) is 2.76. The molecule has 1 aromatic heterocycles. The molecule has 4 nitrogen and oxygen atoms in total. The molecule has 0 bridgehead atoms. The van der Waals surface area contributed by atoms with Crippen LogP contribution >= 0.6 is 12.4 Å². The number of hydrogen-bond donors (Lipinski definition) is 2. The lowest BCUT2D eigenvalue weighted by atomic mass is 9.92. The summed E-state index contributed by atoms with van der Waals surface area (Å²) in [6.45, 7) is 1.86. The number of carbonyl (C=O) groups is 1. The van der Waals surface area contributed by atoms with Gasteiger partial charge < -0.3 is 15.4 Å². The van der Waals surface area contributed by atoms with Crippen LogP contribution in [-0.2, 0) is 17.6 Å². The molecular formula is C16H20ClFN2O2. The van der Waals surface area contributed by atoms with E-state index in [0.717, 1.165) is 35.0 Å². The molecule has 0 fully saturated rings. The molecule has 6 heteroatoms.